The fourth-order valence-corrected chi connectivity index (χ4v) is 5.32. The van der Waals surface area contributed by atoms with Crippen molar-refractivity contribution in [2.24, 2.45) is 5.92 Å². The molecule has 1 saturated heterocycles. The van der Waals surface area contributed by atoms with E-state index in [9.17, 15) is 9.59 Å². The summed E-state index contributed by atoms with van der Waals surface area (Å²) in [5.41, 5.74) is 5.08. The lowest BCUT2D eigenvalue weighted by atomic mass is 9.90. The first-order valence-electron chi connectivity index (χ1n) is 12.2. The summed E-state index contributed by atoms with van der Waals surface area (Å²) >= 11 is 0. The lowest BCUT2D eigenvalue weighted by molar-refractivity contribution is -0.747. The minimum absolute atomic E-state index is 0.168. The number of nitrogens with one attached hydrogen (secondary N) is 1. The Balaban J connectivity index is 1.12. The van der Waals surface area contributed by atoms with E-state index in [0.717, 1.165) is 31.0 Å². The summed E-state index contributed by atoms with van der Waals surface area (Å²) in [6.45, 7) is 2.58. The number of H-pyrrole nitrogens is 1. The van der Waals surface area contributed by atoms with Crippen LogP contribution < -0.4 is 9.58 Å². The molecule has 1 aliphatic heterocycles. The molecule has 0 radical (unpaired) electrons. The lowest BCUT2D eigenvalue weighted by Crippen LogP contribution is -2.44. The third-order valence-electron chi connectivity index (χ3n) is 7.25. The number of ketones is 2. The standard InChI is InChI=1S/C29H26N4O2/c34-28-24-8-4-5-9-25(24)29(35)27-26(28)30-31-33(27)19-22-10-12-23(13-11-22)32-16-14-21(15-17-32)18-20-6-2-1-3-7-20/h1-13,21H,14-19H2/p+1. The van der Waals surface area contributed by atoms with Gasteiger partial charge in [-0.2, -0.15) is 0 Å². The third-order valence-corrected chi connectivity index (χ3v) is 7.25. The number of aromatic nitrogens is 3. The van der Waals surface area contributed by atoms with Gasteiger partial charge in [-0.3, -0.25) is 9.59 Å². The number of hydrogen-bond acceptors (Lipinski definition) is 4. The van der Waals surface area contributed by atoms with Crippen molar-refractivity contribution in [2.75, 3.05) is 18.0 Å². The van der Waals surface area contributed by atoms with Gasteiger partial charge in [0.15, 0.2) is 0 Å². The highest BCUT2D eigenvalue weighted by atomic mass is 16.1. The van der Waals surface area contributed by atoms with E-state index in [-0.39, 0.29) is 17.3 Å². The summed E-state index contributed by atoms with van der Waals surface area (Å²) in [7, 11) is 0. The van der Waals surface area contributed by atoms with Crippen molar-refractivity contribution < 1.29 is 14.3 Å². The molecule has 0 atom stereocenters. The molecule has 1 aromatic heterocycles. The summed E-state index contributed by atoms with van der Waals surface area (Å²) < 4.78 is 1.68. The number of rotatable bonds is 5. The minimum atomic E-state index is -0.212. The number of nitrogens with zero attached hydrogens (tertiary/aromatic N) is 3. The van der Waals surface area contributed by atoms with Crippen LogP contribution in [0.4, 0.5) is 5.69 Å². The Kier molecular flexibility index (Phi) is 5.49. The average Bonchev–Trinajstić information content (AvgIpc) is 3.33. The minimum Gasteiger partial charge on any atom is -0.372 e. The van der Waals surface area contributed by atoms with Gasteiger partial charge in [0.1, 0.15) is 6.54 Å². The number of hydrogen-bond donors (Lipinski definition) is 1. The van der Waals surface area contributed by atoms with Gasteiger partial charge in [-0.1, -0.05) is 71.9 Å². The average molecular weight is 464 g/mol. The molecule has 1 N–H and O–H groups in total. The highest BCUT2D eigenvalue weighted by molar-refractivity contribution is 6.26. The van der Waals surface area contributed by atoms with Crippen LogP contribution in [0, 0.1) is 5.92 Å². The van der Waals surface area contributed by atoms with Crippen LogP contribution in [-0.2, 0) is 13.0 Å². The second-order valence-electron chi connectivity index (χ2n) is 9.49. The van der Waals surface area contributed by atoms with Gasteiger partial charge in [0.05, 0.1) is 5.10 Å². The maximum atomic E-state index is 13.1. The van der Waals surface area contributed by atoms with Gasteiger partial charge in [-0.25, -0.2) is 0 Å². The van der Waals surface area contributed by atoms with Crippen LogP contribution in [0.5, 0.6) is 0 Å². The molecular formula is C29H27N4O2+. The number of carbonyl (C=O) groups is 2. The lowest BCUT2D eigenvalue weighted by Gasteiger charge is -2.33. The van der Waals surface area contributed by atoms with Crippen LogP contribution in [0.25, 0.3) is 0 Å². The monoisotopic (exact) mass is 463 g/mol. The van der Waals surface area contributed by atoms with Crippen LogP contribution in [0.15, 0.2) is 78.9 Å². The third kappa shape index (κ3) is 4.05. The first-order chi connectivity index (χ1) is 17.2. The molecule has 0 saturated carbocycles. The van der Waals surface area contributed by atoms with Crippen LogP contribution in [0.2, 0.25) is 0 Å². The number of aromatic amines is 1. The van der Waals surface area contributed by atoms with E-state index in [1.54, 1.807) is 28.9 Å². The Morgan fingerprint density at radius 3 is 2.17 bits per heavy atom. The van der Waals surface area contributed by atoms with Gasteiger partial charge in [0.25, 0.3) is 5.69 Å². The van der Waals surface area contributed by atoms with Crippen molar-refractivity contribution in [3.63, 3.8) is 0 Å². The molecule has 0 bridgehead atoms. The highest BCUT2D eigenvalue weighted by Crippen LogP contribution is 2.27. The fraction of sp³-hybridized carbons (Fsp3) is 0.241. The Hall–Kier alpha value is -4.06. The molecule has 174 valence electrons. The second-order valence-corrected chi connectivity index (χ2v) is 9.49. The molecule has 35 heavy (non-hydrogen) atoms. The fourth-order valence-electron chi connectivity index (χ4n) is 5.32. The highest BCUT2D eigenvalue weighted by Gasteiger charge is 2.40. The number of benzene rings is 3. The number of carbonyl (C=O) groups excluding carboxylic acids is 2. The van der Waals surface area contributed by atoms with E-state index >= 15 is 0 Å². The molecule has 6 heteroatoms. The summed E-state index contributed by atoms with van der Waals surface area (Å²) in [5, 5.41) is 7.05. The van der Waals surface area contributed by atoms with Crippen molar-refractivity contribution in [1.82, 2.24) is 10.3 Å². The zero-order chi connectivity index (χ0) is 23.8. The molecule has 0 amide bonds. The Morgan fingerprint density at radius 2 is 1.46 bits per heavy atom. The van der Waals surface area contributed by atoms with Gasteiger partial charge in [0, 0.05) is 29.9 Å². The topological polar surface area (TPSA) is 69.9 Å². The molecular weight excluding hydrogens is 436 g/mol. The van der Waals surface area contributed by atoms with Crippen molar-refractivity contribution in [3.8, 4) is 0 Å². The SMILES string of the molecule is O=C1c2ccccc2C(=O)c2c1n[nH][n+]2Cc1ccc(N2CCC(Cc3ccccc3)CC2)cc1. The first-order valence-corrected chi connectivity index (χ1v) is 12.2. The summed E-state index contributed by atoms with van der Waals surface area (Å²) in [4.78, 5) is 28.4. The summed E-state index contributed by atoms with van der Waals surface area (Å²) in [6, 6.07) is 26.2. The molecule has 2 aliphatic rings. The van der Waals surface area contributed by atoms with Gasteiger partial charge in [-0.15, -0.1) is 4.68 Å². The molecule has 1 aliphatic carbocycles. The Bertz CT molecular complexity index is 1380. The van der Waals surface area contributed by atoms with Crippen molar-refractivity contribution in [3.05, 3.63) is 113 Å². The van der Waals surface area contributed by atoms with E-state index in [0.29, 0.717) is 23.4 Å². The molecule has 0 unspecified atom stereocenters. The summed E-state index contributed by atoms with van der Waals surface area (Å²) in [5.74, 6) is 0.358. The maximum absolute atomic E-state index is 13.1. The molecule has 6 nitrogen and oxygen atoms in total. The number of fused-ring (bicyclic) bond motifs is 2. The molecule has 3 aromatic carbocycles. The molecule has 0 spiro atoms. The predicted octanol–water partition coefficient (Wildman–Crippen LogP) is 3.98. The Labute approximate surface area is 204 Å². The van der Waals surface area contributed by atoms with E-state index < -0.39 is 0 Å². The van der Waals surface area contributed by atoms with Crippen molar-refractivity contribution in [2.45, 2.75) is 25.8 Å². The Morgan fingerprint density at radius 1 is 0.800 bits per heavy atom. The van der Waals surface area contributed by atoms with Gasteiger partial charge in [0.2, 0.25) is 11.6 Å². The van der Waals surface area contributed by atoms with Gasteiger partial charge in [-0.05, 0) is 48.4 Å². The first kappa shape index (κ1) is 21.5. The van der Waals surface area contributed by atoms with E-state index in [2.05, 4.69) is 69.8 Å². The number of anilines is 1. The van der Waals surface area contributed by atoms with Crippen LogP contribution in [0.1, 0.15) is 56.1 Å². The zero-order valence-corrected chi connectivity index (χ0v) is 19.5. The van der Waals surface area contributed by atoms with Gasteiger partial charge < -0.3 is 4.90 Å². The summed E-state index contributed by atoms with van der Waals surface area (Å²) in [6.07, 6.45) is 3.56. The van der Waals surface area contributed by atoms with Crippen LogP contribution in [-0.4, -0.2) is 35.0 Å². The van der Waals surface area contributed by atoms with Gasteiger partial charge >= 0.3 is 5.69 Å². The largest absolute Gasteiger partial charge is 0.372 e. The molecule has 2 heterocycles. The van der Waals surface area contributed by atoms with Crippen molar-refractivity contribution in [1.29, 1.82) is 0 Å². The molecule has 6 rings (SSSR count). The van der Waals surface area contributed by atoms with E-state index in [4.69, 9.17) is 0 Å². The second kappa shape index (κ2) is 8.95. The maximum Gasteiger partial charge on any atom is 0.300 e. The number of piperidine rings is 1. The molecule has 4 aromatic rings. The van der Waals surface area contributed by atoms with E-state index in [1.807, 2.05) is 0 Å². The van der Waals surface area contributed by atoms with Crippen LogP contribution in [0.3, 0.4) is 0 Å². The smallest absolute Gasteiger partial charge is 0.300 e. The van der Waals surface area contributed by atoms with Crippen LogP contribution >= 0.6 is 0 Å². The zero-order valence-electron chi connectivity index (χ0n) is 19.5. The quantitative estimate of drug-likeness (QED) is 0.400. The van der Waals surface area contributed by atoms with Crippen molar-refractivity contribution >= 4 is 17.3 Å². The predicted molar refractivity (Wildman–Crippen MR) is 133 cm³/mol. The normalized spacial score (nSPS) is 15.7. The van der Waals surface area contributed by atoms with E-state index in [1.165, 1.54) is 24.1 Å². The molecule has 1 fully saturated rings.